The second-order valence-electron chi connectivity index (χ2n) is 3.85. The molecular formula is C11H21N3S2. The lowest BCUT2D eigenvalue weighted by molar-refractivity contribution is 0.554. The maximum atomic E-state index is 4.19. The summed E-state index contributed by atoms with van der Waals surface area (Å²) in [5.74, 6) is 2.20. The Labute approximate surface area is 108 Å². The van der Waals surface area contributed by atoms with Crippen molar-refractivity contribution in [2.45, 2.75) is 38.6 Å². The number of hydrogen-bond donors (Lipinski definition) is 1. The largest absolute Gasteiger partial charge is 0.252 e. The van der Waals surface area contributed by atoms with Crippen molar-refractivity contribution in [3.63, 3.8) is 0 Å². The number of thioether (sulfide) groups is 1. The molecule has 0 aliphatic heterocycles. The highest BCUT2D eigenvalue weighted by Gasteiger charge is 2.00. The molecule has 92 valence electrons. The molecule has 0 saturated carbocycles. The van der Waals surface area contributed by atoms with Crippen molar-refractivity contribution in [2.75, 3.05) is 17.8 Å². The van der Waals surface area contributed by atoms with Gasteiger partial charge in [0.1, 0.15) is 0 Å². The monoisotopic (exact) mass is 259 g/mol. The third kappa shape index (κ3) is 5.80. The van der Waals surface area contributed by atoms with E-state index in [2.05, 4.69) is 35.4 Å². The van der Waals surface area contributed by atoms with Crippen LogP contribution in [0.4, 0.5) is 0 Å². The Morgan fingerprint density at radius 2 is 2.19 bits per heavy atom. The first-order valence-corrected chi connectivity index (χ1v) is 7.88. The lowest BCUT2D eigenvalue weighted by Gasteiger charge is -1.97. The van der Waals surface area contributed by atoms with E-state index in [1.165, 1.54) is 18.6 Å². The molecule has 5 heteroatoms. The van der Waals surface area contributed by atoms with Gasteiger partial charge < -0.3 is 0 Å². The SMILES string of the molecule is CSCCCCc1cn(CCCCS)nn1. The third-order valence-electron chi connectivity index (χ3n) is 2.41. The predicted molar refractivity (Wildman–Crippen MR) is 74.4 cm³/mol. The van der Waals surface area contributed by atoms with Gasteiger partial charge in [-0.1, -0.05) is 5.21 Å². The van der Waals surface area contributed by atoms with Crippen molar-refractivity contribution in [1.29, 1.82) is 0 Å². The standard InChI is InChI=1S/C11H21N3S2/c1-16-9-5-2-6-11-10-14(13-12-11)7-3-4-8-15/h10,15H,2-9H2,1H3. The number of unbranched alkanes of at least 4 members (excludes halogenated alkanes) is 2. The highest BCUT2D eigenvalue weighted by Crippen LogP contribution is 2.05. The van der Waals surface area contributed by atoms with Gasteiger partial charge in [-0.3, -0.25) is 4.68 Å². The molecule has 0 saturated heterocycles. The van der Waals surface area contributed by atoms with Gasteiger partial charge in [-0.25, -0.2) is 0 Å². The lowest BCUT2D eigenvalue weighted by Crippen LogP contribution is -1.98. The minimum absolute atomic E-state index is 0.955. The van der Waals surface area contributed by atoms with Crippen LogP contribution in [0.3, 0.4) is 0 Å². The van der Waals surface area contributed by atoms with Gasteiger partial charge in [-0.15, -0.1) is 5.10 Å². The first-order valence-electron chi connectivity index (χ1n) is 5.85. The van der Waals surface area contributed by atoms with Crippen LogP contribution >= 0.6 is 24.4 Å². The molecule has 1 aromatic rings. The average molecular weight is 259 g/mol. The van der Waals surface area contributed by atoms with E-state index in [1.807, 2.05) is 16.4 Å². The molecule has 1 rings (SSSR count). The highest BCUT2D eigenvalue weighted by atomic mass is 32.2. The predicted octanol–water partition coefficient (Wildman–Crippen LogP) is 2.67. The smallest absolute Gasteiger partial charge is 0.0827 e. The maximum Gasteiger partial charge on any atom is 0.0827 e. The van der Waals surface area contributed by atoms with Crippen LogP contribution in [-0.4, -0.2) is 32.8 Å². The summed E-state index contributed by atoms with van der Waals surface area (Å²) in [6.07, 6.45) is 10.1. The molecule has 0 aliphatic carbocycles. The molecule has 0 aromatic carbocycles. The zero-order chi connectivity index (χ0) is 11.6. The average Bonchev–Trinajstić information content (AvgIpc) is 2.73. The fraction of sp³-hybridized carbons (Fsp3) is 0.818. The van der Waals surface area contributed by atoms with Crippen LogP contribution in [0, 0.1) is 0 Å². The Morgan fingerprint density at radius 3 is 2.94 bits per heavy atom. The molecule has 0 unspecified atom stereocenters. The maximum absolute atomic E-state index is 4.19. The molecular weight excluding hydrogens is 238 g/mol. The molecule has 0 N–H and O–H groups in total. The van der Waals surface area contributed by atoms with Crippen LogP contribution in [-0.2, 0) is 13.0 Å². The summed E-state index contributed by atoms with van der Waals surface area (Å²) in [5, 5.41) is 8.30. The van der Waals surface area contributed by atoms with E-state index in [0.29, 0.717) is 0 Å². The summed E-state index contributed by atoms with van der Waals surface area (Å²) in [4.78, 5) is 0. The first kappa shape index (κ1) is 13.9. The molecule has 0 amide bonds. The van der Waals surface area contributed by atoms with Gasteiger partial charge >= 0.3 is 0 Å². The van der Waals surface area contributed by atoms with E-state index < -0.39 is 0 Å². The van der Waals surface area contributed by atoms with E-state index in [1.54, 1.807) is 0 Å². The highest BCUT2D eigenvalue weighted by molar-refractivity contribution is 7.98. The number of nitrogens with zero attached hydrogens (tertiary/aromatic N) is 3. The van der Waals surface area contributed by atoms with Crippen LogP contribution < -0.4 is 0 Å². The fourth-order valence-corrected chi connectivity index (χ4v) is 2.22. The van der Waals surface area contributed by atoms with Gasteiger partial charge in [0.25, 0.3) is 0 Å². The molecule has 0 radical (unpaired) electrons. The van der Waals surface area contributed by atoms with E-state index >= 15 is 0 Å². The first-order chi connectivity index (χ1) is 7.86. The van der Waals surface area contributed by atoms with Gasteiger partial charge in [-0.05, 0) is 49.9 Å². The molecule has 0 spiro atoms. The third-order valence-corrected chi connectivity index (χ3v) is 3.43. The number of hydrogen-bond acceptors (Lipinski definition) is 4. The van der Waals surface area contributed by atoms with Crippen molar-refractivity contribution in [3.8, 4) is 0 Å². The topological polar surface area (TPSA) is 30.7 Å². The summed E-state index contributed by atoms with van der Waals surface area (Å²) in [5.41, 5.74) is 1.13. The number of aryl methyl sites for hydroxylation is 2. The Hall–Kier alpha value is -0.160. The van der Waals surface area contributed by atoms with Crippen molar-refractivity contribution in [3.05, 3.63) is 11.9 Å². The zero-order valence-corrected chi connectivity index (χ0v) is 11.6. The second kappa shape index (κ2) is 8.93. The summed E-state index contributed by atoms with van der Waals surface area (Å²) in [6.45, 7) is 0.971. The van der Waals surface area contributed by atoms with Gasteiger partial charge in [0, 0.05) is 12.7 Å². The molecule has 1 heterocycles. The van der Waals surface area contributed by atoms with Crippen LogP contribution in [0.15, 0.2) is 6.20 Å². The van der Waals surface area contributed by atoms with Crippen molar-refractivity contribution in [2.24, 2.45) is 0 Å². The number of aromatic nitrogens is 3. The van der Waals surface area contributed by atoms with Crippen molar-refractivity contribution >= 4 is 24.4 Å². The zero-order valence-electron chi connectivity index (χ0n) is 9.93. The van der Waals surface area contributed by atoms with Gasteiger partial charge in [0.05, 0.1) is 5.69 Å². The van der Waals surface area contributed by atoms with Gasteiger partial charge in [0.15, 0.2) is 0 Å². The molecule has 0 bridgehead atoms. The van der Waals surface area contributed by atoms with Gasteiger partial charge in [0.2, 0.25) is 0 Å². The van der Waals surface area contributed by atoms with Crippen LogP contribution in [0.2, 0.25) is 0 Å². The molecule has 1 aromatic heterocycles. The van der Waals surface area contributed by atoms with Crippen molar-refractivity contribution < 1.29 is 0 Å². The quantitative estimate of drug-likeness (QED) is 0.546. The molecule has 0 aliphatic rings. The van der Waals surface area contributed by atoms with E-state index in [9.17, 15) is 0 Å². The molecule has 3 nitrogen and oxygen atoms in total. The van der Waals surface area contributed by atoms with E-state index in [-0.39, 0.29) is 0 Å². The van der Waals surface area contributed by atoms with Gasteiger partial charge in [-0.2, -0.15) is 24.4 Å². The summed E-state index contributed by atoms with van der Waals surface area (Å²) in [6, 6.07) is 0. The molecule has 16 heavy (non-hydrogen) atoms. The number of rotatable bonds is 9. The van der Waals surface area contributed by atoms with E-state index in [4.69, 9.17) is 0 Å². The second-order valence-corrected chi connectivity index (χ2v) is 5.29. The van der Waals surface area contributed by atoms with Crippen LogP contribution in [0.5, 0.6) is 0 Å². The van der Waals surface area contributed by atoms with E-state index in [0.717, 1.165) is 37.3 Å². The molecule has 0 fully saturated rings. The summed E-state index contributed by atoms with van der Waals surface area (Å²) < 4.78 is 1.95. The Morgan fingerprint density at radius 1 is 1.31 bits per heavy atom. The Bertz CT molecular complexity index is 276. The van der Waals surface area contributed by atoms with Crippen LogP contribution in [0.25, 0.3) is 0 Å². The van der Waals surface area contributed by atoms with Crippen molar-refractivity contribution in [1.82, 2.24) is 15.0 Å². The lowest BCUT2D eigenvalue weighted by atomic mass is 10.2. The molecule has 0 atom stereocenters. The minimum Gasteiger partial charge on any atom is -0.252 e. The Kier molecular flexibility index (Phi) is 7.76. The van der Waals surface area contributed by atoms with Crippen LogP contribution in [0.1, 0.15) is 31.4 Å². The summed E-state index contributed by atoms with van der Waals surface area (Å²) >= 11 is 6.10. The minimum atomic E-state index is 0.955. The Balaban J connectivity index is 2.17. The normalized spacial score (nSPS) is 10.9. The summed E-state index contributed by atoms with van der Waals surface area (Å²) in [7, 11) is 0. The number of thiol groups is 1. The fourth-order valence-electron chi connectivity index (χ4n) is 1.50.